The highest BCUT2D eigenvalue weighted by atomic mass is 32.1. The summed E-state index contributed by atoms with van der Waals surface area (Å²) in [7, 11) is 0. The molecule has 1 aromatic carbocycles. The predicted molar refractivity (Wildman–Crippen MR) is 96.6 cm³/mol. The van der Waals surface area contributed by atoms with Gasteiger partial charge in [0.15, 0.2) is 5.13 Å². The van der Waals surface area contributed by atoms with Crippen LogP contribution >= 0.6 is 11.3 Å². The SMILES string of the molecule is NC(=O)c1cccc2sc(NCC3(c4ncccc4F)CC(F)C3)nc12. The first-order chi connectivity index (χ1) is 12.5. The molecule has 2 aromatic heterocycles. The number of fused-ring (bicyclic) bond motifs is 1. The molecular weight excluding hydrogens is 358 g/mol. The van der Waals surface area contributed by atoms with E-state index in [9.17, 15) is 13.6 Å². The Hall–Kier alpha value is -2.61. The molecule has 1 aliphatic carbocycles. The van der Waals surface area contributed by atoms with Crippen LogP contribution in [0.15, 0.2) is 36.5 Å². The summed E-state index contributed by atoms with van der Waals surface area (Å²) in [4.78, 5) is 20.1. The Bertz CT molecular complexity index is 984. The maximum atomic E-state index is 14.2. The van der Waals surface area contributed by atoms with Gasteiger partial charge in [0.25, 0.3) is 5.91 Å². The molecule has 0 saturated heterocycles. The monoisotopic (exact) mass is 374 g/mol. The molecule has 4 rings (SSSR count). The number of nitrogens with two attached hydrogens (primary N) is 1. The van der Waals surface area contributed by atoms with Gasteiger partial charge in [-0.15, -0.1) is 0 Å². The minimum Gasteiger partial charge on any atom is -0.366 e. The number of primary amides is 1. The van der Waals surface area contributed by atoms with Gasteiger partial charge in [0.05, 0.1) is 21.5 Å². The third-order valence-electron chi connectivity index (χ3n) is 4.75. The molecule has 0 aliphatic heterocycles. The van der Waals surface area contributed by atoms with Crippen LogP contribution in [0.1, 0.15) is 28.9 Å². The van der Waals surface area contributed by atoms with Gasteiger partial charge in [-0.25, -0.2) is 13.8 Å². The summed E-state index contributed by atoms with van der Waals surface area (Å²) < 4.78 is 28.6. The maximum absolute atomic E-state index is 14.2. The molecule has 1 fully saturated rings. The smallest absolute Gasteiger partial charge is 0.250 e. The molecule has 0 radical (unpaired) electrons. The van der Waals surface area contributed by atoms with Gasteiger partial charge in [0.2, 0.25) is 0 Å². The summed E-state index contributed by atoms with van der Waals surface area (Å²) in [5, 5.41) is 3.75. The molecule has 1 saturated carbocycles. The fourth-order valence-corrected chi connectivity index (χ4v) is 4.34. The van der Waals surface area contributed by atoms with Crippen molar-refractivity contribution in [2.75, 3.05) is 11.9 Å². The molecular formula is C18H16F2N4OS. The van der Waals surface area contributed by atoms with Crippen molar-refractivity contribution in [2.24, 2.45) is 5.73 Å². The van der Waals surface area contributed by atoms with Crippen molar-refractivity contribution in [2.45, 2.75) is 24.4 Å². The minimum absolute atomic E-state index is 0.214. The van der Waals surface area contributed by atoms with Gasteiger partial charge < -0.3 is 11.1 Å². The number of aromatic nitrogens is 2. The lowest BCUT2D eigenvalue weighted by molar-refractivity contribution is 0.0964. The molecule has 3 aromatic rings. The molecule has 8 heteroatoms. The van der Waals surface area contributed by atoms with Gasteiger partial charge in [-0.3, -0.25) is 9.78 Å². The number of carbonyl (C=O) groups excluding carboxylic acids is 1. The number of para-hydroxylation sites is 1. The van der Waals surface area contributed by atoms with Crippen molar-refractivity contribution in [1.29, 1.82) is 0 Å². The van der Waals surface area contributed by atoms with Crippen molar-refractivity contribution < 1.29 is 13.6 Å². The van der Waals surface area contributed by atoms with Crippen LogP contribution in [0.25, 0.3) is 10.2 Å². The number of benzene rings is 1. The summed E-state index contributed by atoms with van der Waals surface area (Å²) in [6.07, 6.45) is 0.981. The zero-order valence-electron chi connectivity index (χ0n) is 13.7. The molecule has 1 aliphatic rings. The van der Waals surface area contributed by atoms with Crippen LogP contribution < -0.4 is 11.1 Å². The zero-order chi connectivity index (χ0) is 18.3. The second-order valence-electron chi connectivity index (χ2n) is 6.51. The summed E-state index contributed by atoms with van der Waals surface area (Å²) in [5.41, 5.74) is 5.85. The van der Waals surface area contributed by atoms with E-state index in [4.69, 9.17) is 5.73 Å². The summed E-state index contributed by atoms with van der Waals surface area (Å²) >= 11 is 1.37. The van der Waals surface area contributed by atoms with E-state index < -0.39 is 23.3 Å². The van der Waals surface area contributed by atoms with Crippen LogP contribution in [0.4, 0.5) is 13.9 Å². The van der Waals surface area contributed by atoms with E-state index in [2.05, 4.69) is 15.3 Å². The van der Waals surface area contributed by atoms with Crippen molar-refractivity contribution in [1.82, 2.24) is 9.97 Å². The number of nitrogens with zero attached hydrogens (tertiary/aromatic N) is 2. The molecule has 2 heterocycles. The van der Waals surface area contributed by atoms with Gasteiger partial charge in [0.1, 0.15) is 12.0 Å². The maximum Gasteiger partial charge on any atom is 0.250 e. The Labute approximate surface area is 152 Å². The Morgan fingerprint density at radius 1 is 1.35 bits per heavy atom. The number of pyridine rings is 1. The standard InChI is InChI=1S/C18H16F2N4OS/c19-10-7-18(8-10,15-12(20)4-2-6-22-15)9-23-17-24-14-11(16(21)25)3-1-5-13(14)26-17/h1-6,10H,7-9H2,(H2,21,25)(H,23,24). The highest BCUT2D eigenvalue weighted by molar-refractivity contribution is 7.22. The number of thiazole rings is 1. The lowest BCUT2D eigenvalue weighted by Gasteiger charge is -2.43. The Morgan fingerprint density at radius 3 is 2.85 bits per heavy atom. The van der Waals surface area contributed by atoms with Crippen molar-refractivity contribution in [3.63, 3.8) is 0 Å². The van der Waals surface area contributed by atoms with Crippen molar-refractivity contribution in [3.8, 4) is 0 Å². The van der Waals surface area contributed by atoms with E-state index in [1.165, 1.54) is 29.7 Å². The van der Waals surface area contributed by atoms with E-state index in [0.717, 1.165) is 4.70 Å². The third-order valence-corrected chi connectivity index (χ3v) is 5.73. The average Bonchev–Trinajstić information content (AvgIpc) is 3.01. The van der Waals surface area contributed by atoms with Gasteiger partial charge >= 0.3 is 0 Å². The number of nitrogens with one attached hydrogen (secondary N) is 1. The number of halogens is 2. The van der Waals surface area contributed by atoms with Crippen LogP contribution in [-0.2, 0) is 5.41 Å². The molecule has 134 valence electrons. The topological polar surface area (TPSA) is 80.9 Å². The number of amides is 1. The van der Waals surface area contributed by atoms with E-state index in [1.54, 1.807) is 12.1 Å². The molecule has 3 N–H and O–H groups in total. The van der Waals surface area contributed by atoms with Crippen LogP contribution in [0.3, 0.4) is 0 Å². The first-order valence-corrected chi connectivity index (χ1v) is 8.98. The van der Waals surface area contributed by atoms with Gasteiger partial charge in [-0.05, 0) is 37.1 Å². The Kier molecular flexibility index (Phi) is 4.07. The Balaban J connectivity index is 1.61. The summed E-state index contributed by atoms with van der Waals surface area (Å²) in [5.74, 6) is -0.972. The average molecular weight is 374 g/mol. The third kappa shape index (κ3) is 2.80. The molecule has 26 heavy (non-hydrogen) atoms. The van der Waals surface area contributed by atoms with Gasteiger partial charge in [-0.1, -0.05) is 17.4 Å². The van der Waals surface area contributed by atoms with Crippen molar-refractivity contribution >= 4 is 32.6 Å². The van der Waals surface area contributed by atoms with Crippen LogP contribution in [0.2, 0.25) is 0 Å². The largest absolute Gasteiger partial charge is 0.366 e. The molecule has 0 bridgehead atoms. The second-order valence-corrected chi connectivity index (χ2v) is 7.54. The van der Waals surface area contributed by atoms with Crippen LogP contribution in [0, 0.1) is 5.82 Å². The number of anilines is 1. The van der Waals surface area contributed by atoms with Gasteiger partial charge in [-0.2, -0.15) is 0 Å². The predicted octanol–water partition coefficient (Wildman–Crippen LogP) is 3.41. The lowest BCUT2D eigenvalue weighted by Crippen LogP contribution is -2.48. The summed E-state index contributed by atoms with van der Waals surface area (Å²) in [6, 6.07) is 8.07. The van der Waals surface area contributed by atoms with Crippen LogP contribution in [0.5, 0.6) is 0 Å². The fraction of sp³-hybridized carbons (Fsp3) is 0.278. The zero-order valence-corrected chi connectivity index (χ0v) is 14.5. The Morgan fingerprint density at radius 2 is 2.15 bits per heavy atom. The number of rotatable bonds is 5. The number of carbonyl (C=O) groups is 1. The first kappa shape index (κ1) is 16.8. The van der Waals surface area contributed by atoms with Crippen molar-refractivity contribution in [3.05, 3.63) is 53.6 Å². The minimum atomic E-state index is -0.963. The van der Waals surface area contributed by atoms with E-state index in [1.807, 2.05) is 6.07 Å². The van der Waals surface area contributed by atoms with Crippen LogP contribution in [-0.4, -0.2) is 28.6 Å². The number of hydrogen-bond donors (Lipinski definition) is 2. The first-order valence-electron chi connectivity index (χ1n) is 8.17. The molecule has 0 spiro atoms. The highest BCUT2D eigenvalue weighted by Gasteiger charge is 2.48. The normalized spacial score (nSPS) is 22.2. The van der Waals surface area contributed by atoms with Gasteiger partial charge in [0, 0.05) is 18.2 Å². The van der Waals surface area contributed by atoms with E-state index in [-0.39, 0.29) is 18.5 Å². The molecule has 0 atom stereocenters. The highest BCUT2D eigenvalue weighted by Crippen LogP contribution is 2.46. The molecule has 5 nitrogen and oxygen atoms in total. The van der Waals surface area contributed by atoms with E-state index >= 15 is 0 Å². The lowest BCUT2D eigenvalue weighted by atomic mass is 9.65. The second kappa shape index (κ2) is 6.28. The number of hydrogen-bond acceptors (Lipinski definition) is 5. The number of alkyl halides is 1. The molecule has 1 amide bonds. The molecule has 0 unspecified atom stereocenters. The fourth-order valence-electron chi connectivity index (χ4n) is 3.45. The quantitative estimate of drug-likeness (QED) is 0.717. The van der Waals surface area contributed by atoms with E-state index in [0.29, 0.717) is 22.8 Å². The summed E-state index contributed by atoms with van der Waals surface area (Å²) in [6.45, 7) is 0.313.